The summed E-state index contributed by atoms with van der Waals surface area (Å²) in [5, 5.41) is 6.94. The Bertz CT molecular complexity index is 502. The number of ether oxygens (including phenoxy) is 1. The Hall–Kier alpha value is -0.900. The Morgan fingerprint density at radius 2 is 2.11 bits per heavy atom. The highest BCUT2D eigenvalue weighted by atomic mass is 32.1. The SMILES string of the molecule is CCCC(OCC)C(NC)c1cccc2ccsc12. The van der Waals surface area contributed by atoms with Gasteiger partial charge in [0.05, 0.1) is 12.1 Å². The molecule has 1 N–H and O–H groups in total. The number of hydrogen-bond donors (Lipinski definition) is 1. The lowest BCUT2D eigenvalue weighted by atomic mass is 9.97. The first-order valence-electron chi connectivity index (χ1n) is 7.06. The first-order valence-corrected chi connectivity index (χ1v) is 7.94. The molecule has 0 saturated heterocycles. The molecule has 0 radical (unpaired) electrons. The zero-order valence-corrected chi connectivity index (χ0v) is 12.8. The summed E-state index contributed by atoms with van der Waals surface area (Å²) in [6.07, 6.45) is 2.47. The van der Waals surface area contributed by atoms with Crippen LogP contribution in [0.1, 0.15) is 38.3 Å². The lowest BCUT2D eigenvalue weighted by Gasteiger charge is -2.27. The third kappa shape index (κ3) is 3.16. The number of nitrogens with one attached hydrogen (secondary N) is 1. The first-order chi connectivity index (χ1) is 9.31. The molecule has 0 amide bonds. The van der Waals surface area contributed by atoms with Gasteiger partial charge in [-0.2, -0.15) is 0 Å². The van der Waals surface area contributed by atoms with Gasteiger partial charge in [0.1, 0.15) is 0 Å². The van der Waals surface area contributed by atoms with E-state index in [0.717, 1.165) is 19.4 Å². The Morgan fingerprint density at radius 1 is 1.26 bits per heavy atom. The van der Waals surface area contributed by atoms with E-state index in [2.05, 4.69) is 48.8 Å². The van der Waals surface area contributed by atoms with E-state index in [1.807, 2.05) is 18.4 Å². The van der Waals surface area contributed by atoms with Crippen LogP contribution in [-0.4, -0.2) is 19.8 Å². The Labute approximate surface area is 119 Å². The number of hydrogen-bond acceptors (Lipinski definition) is 3. The molecule has 0 fully saturated rings. The third-order valence-corrected chi connectivity index (χ3v) is 4.46. The molecule has 2 nitrogen and oxygen atoms in total. The van der Waals surface area contributed by atoms with E-state index in [1.54, 1.807) is 0 Å². The van der Waals surface area contributed by atoms with Crippen molar-refractivity contribution in [1.82, 2.24) is 5.32 Å². The fraction of sp³-hybridized carbons (Fsp3) is 0.500. The first kappa shape index (κ1) is 14.5. The van der Waals surface area contributed by atoms with Gasteiger partial charge < -0.3 is 10.1 Å². The van der Waals surface area contributed by atoms with Crippen molar-refractivity contribution in [3.8, 4) is 0 Å². The number of rotatable bonds is 7. The van der Waals surface area contributed by atoms with E-state index in [9.17, 15) is 0 Å². The second kappa shape index (κ2) is 7.04. The van der Waals surface area contributed by atoms with Gasteiger partial charge in [0.2, 0.25) is 0 Å². The molecule has 1 aromatic heterocycles. The van der Waals surface area contributed by atoms with Crippen LogP contribution < -0.4 is 5.32 Å². The molecule has 2 rings (SSSR count). The summed E-state index contributed by atoms with van der Waals surface area (Å²) in [6, 6.07) is 9.00. The van der Waals surface area contributed by atoms with Crippen molar-refractivity contribution in [1.29, 1.82) is 0 Å². The zero-order chi connectivity index (χ0) is 13.7. The topological polar surface area (TPSA) is 21.3 Å². The van der Waals surface area contributed by atoms with Crippen molar-refractivity contribution in [3.63, 3.8) is 0 Å². The lowest BCUT2D eigenvalue weighted by Crippen LogP contribution is -2.31. The highest BCUT2D eigenvalue weighted by Gasteiger charge is 2.23. The molecule has 0 aliphatic rings. The minimum atomic E-state index is 0.243. The maximum Gasteiger partial charge on any atom is 0.0769 e. The second-order valence-corrected chi connectivity index (χ2v) is 5.65. The van der Waals surface area contributed by atoms with Crippen LogP contribution in [0.2, 0.25) is 0 Å². The summed E-state index contributed by atoms with van der Waals surface area (Å²) < 4.78 is 7.33. The predicted octanol–water partition coefficient (Wildman–Crippen LogP) is 4.37. The second-order valence-electron chi connectivity index (χ2n) is 4.74. The molecule has 0 aliphatic carbocycles. The smallest absolute Gasteiger partial charge is 0.0769 e. The van der Waals surface area contributed by atoms with E-state index in [1.165, 1.54) is 15.6 Å². The molecule has 0 bridgehead atoms. The molecule has 3 heteroatoms. The van der Waals surface area contributed by atoms with Crippen molar-refractivity contribution in [2.24, 2.45) is 0 Å². The van der Waals surface area contributed by atoms with Crippen molar-refractivity contribution in [3.05, 3.63) is 35.2 Å². The molecule has 2 atom stereocenters. The quantitative estimate of drug-likeness (QED) is 0.811. The zero-order valence-electron chi connectivity index (χ0n) is 12.0. The Kier molecular flexibility index (Phi) is 5.37. The molecule has 1 aromatic carbocycles. The van der Waals surface area contributed by atoms with E-state index < -0.39 is 0 Å². The fourth-order valence-electron chi connectivity index (χ4n) is 2.65. The summed E-state index contributed by atoms with van der Waals surface area (Å²) in [6.45, 7) is 5.05. The van der Waals surface area contributed by atoms with Gasteiger partial charge >= 0.3 is 0 Å². The molecule has 2 aromatic rings. The van der Waals surface area contributed by atoms with Gasteiger partial charge in [0, 0.05) is 11.3 Å². The van der Waals surface area contributed by atoms with E-state index >= 15 is 0 Å². The van der Waals surface area contributed by atoms with Crippen LogP contribution >= 0.6 is 11.3 Å². The van der Waals surface area contributed by atoms with Crippen molar-refractivity contribution >= 4 is 21.4 Å². The standard InChI is InChI=1S/C16H23NOS/c1-4-7-14(18-5-2)15(17-3)13-9-6-8-12-10-11-19-16(12)13/h6,8-11,14-15,17H,4-5,7H2,1-3H3. The third-order valence-electron chi connectivity index (χ3n) is 3.48. The highest BCUT2D eigenvalue weighted by Crippen LogP contribution is 2.32. The highest BCUT2D eigenvalue weighted by molar-refractivity contribution is 7.17. The lowest BCUT2D eigenvalue weighted by molar-refractivity contribution is 0.0299. The number of likely N-dealkylation sites (N-methyl/N-ethyl adjacent to an activating group) is 1. The minimum absolute atomic E-state index is 0.243. The summed E-state index contributed by atoms with van der Waals surface area (Å²) in [5.74, 6) is 0. The summed E-state index contributed by atoms with van der Waals surface area (Å²) in [7, 11) is 2.03. The monoisotopic (exact) mass is 277 g/mol. The normalized spacial score (nSPS) is 14.7. The van der Waals surface area contributed by atoms with E-state index in [0.29, 0.717) is 0 Å². The van der Waals surface area contributed by atoms with Crippen LogP contribution in [-0.2, 0) is 4.74 Å². The van der Waals surface area contributed by atoms with Gasteiger partial charge in [-0.1, -0.05) is 31.5 Å². The van der Waals surface area contributed by atoms with Crippen LogP contribution in [0.4, 0.5) is 0 Å². The number of thiophene rings is 1. The largest absolute Gasteiger partial charge is 0.377 e. The maximum atomic E-state index is 5.96. The molecule has 0 saturated carbocycles. The van der Waals surface area contributed by atoms with Crippen LogP contribution in [0, 0.1) is 0 Å². The van der Waals surface area contributed by atoms with Gasteiger partial charge in [-0.3, -0.25) is 0 Å². The predicted molar refractivity (Wildman–Crippen MR) is 83.9 cm³/mol. The van der Waals surface area contributed by atoms with Crippen molar-refractivity contribution in [2.45, 2.75) is 38.8 Å². The van der Waals surface area contributed by atoms with E-state index in [4.69, 9.17) is 4.74 Å². The van der Waals surface area contributed by atoms with Crippen LogP contribution in [0.15, 0.2) is 29.6 Å². The number of benzene rings is 1. The maximum absolute atomic E-state index is 5.96. The van der Waals surface area contributed by atoms with Gasteiger partial charge in [-0.25, -0.2) is 0 Å². The van der Waals surface area contributed by atoms with Gasteiger partial charge in [0.15, 0.2) is 0 Å². The van der Waals surface area contributed by atoms with Crippen molar-refractivity contribution in [2.75, 3.05) is 13.7 Å². The molecular formula is C16H23NOS. The minimum Gasteiger partial charge on any atom is -0.377 e. The Balaban J connectivity index is 2.36. The average Bonchev–Trinajstić information content (AvgIpc) is 2.89. The van der Waals surface area contributed by atoms with Crippen LogP contribution in [0.5, 0.6) is 0 Å². The van der Waals surface area contributed by atoms with Crippen LogP contribution in [0.3, 0.4) is 0 Å². The van der Waals surface area contributed by atoms with Gasteiger partial charge in [0.25, 0.3) is 0 Å². The number of fused-ring (bicyclic) bond motifs is 1. The molecule has 104 valence electrons. The Morgan fingerprint density at radius 3 is 2.79 bits per heavy atom. The van der Waals surface area contributed by atoms with E-state index in [-0.39, 0.29) is 12.1 Å². The fourth-order valence-corrected chi connectivity index (χ4v) is 3.60. The molecule has 2 unspecified atom stereocenters. The summed E-state index contributed by atoms with van der Waals surface area (Å²) in [4.78, 5) is 0. The van der Waals surface area contributed by atoms with Crippen LogP contribution in [0.25, 0.3) is 10.1 Å². The summed E-state index contributed by atoms with van der Waals surface area (Å²) >= 11 is 1.82. The average molecular weight is 277 g/mol. The van der Waals surface area contributed by atoms with Crippen molar-refractivity contribution < 1.29 is 4.74 Å². The summed E-state index contributed by atoms with van der Waals surface area (Å²) in [5.41, 5.74) is 1.36. The molecule has 19 heavy (non-hydrogen) atoms. The molecular weight excluding hydrogens is 254 g/mol. The molecule has 0 aliphatic heterocycles. The molecule has 1 heterocycles. The van der Waals surface area contributed by atoms with Gasteiger partial charge in [-0.15, -0.1) is 11.3 Å². The molecule has 0 spiro atoms. The van der Waals surface area contributed by atoms with Gasteiger partial charge in [-0.05, 0) is 42.8 Å².